The third-order valence-electron chi connectivity index (χ3n) is 6.64. The number of unbranched alkanes of at least 4 members (excludes halogenated alkanes) is 1. The molecule has 1 aliphatic rings. The zero-order chi connectivity index (χ0) is 26.4. The first-order chi connectivity index (χ1) is 17.9. The molecule has 0 fully saturated rings. The number of hydrogen-bond donors (Lipinski definition) is 1. The molecule has 2 heterocycles. The molecule has 0 bridgehead atoms. The number of allylic oxidation sites excluding steroid dienone is 2. The lowest BCUT2D eigenvalue weighted by atomic mass is 9.98. The molecule has 7 nitrogen and oxygen atoms in total. The number of halogens is 2. The summed E-state index contributed by atoms with van der Waals surface area (Å²) in [4.78, 5) is 16.1. The minimum Gasteiger partial charge on any atom is -0.351 e. The van der Waals surface area contributed by atoms with Crippen molar-refractivity contribution in [3.05, 3.63) is 65.5 Å². The van der Waals surface area contributed by atoms with Crippen LogP contribution in [0.25, 0.3) is 22.5 Å². The largest absolute Gasteiger partial charge is 0.351 e. The SMILES string of the molecule is CCCCC(=O)N1CN(Cc2ccc(-c3ccccc3-c3nn[nH]n3)cc2)C(CCC(C)C)=C1C(F)F. The van der Waals surface area contributed by atoms with E-state index in [1.807, 2.05) is 60.4 Å². The van der Waals surface area contributed by atoms with Crippen molar-refractivity contribution in [2.24, 2.45) is 5.92 Å². The second-order valence-corrected chi connectivity index (χ2v) is 9.81. The molecule has 0 radical (unpaired) electrons. The van der Waals surface area contributed by atoms with Gasteiger partial charge in [0.05, 0.1) is 6.67 Å². The van der Waals surface area contributed by atoms with Gasteiger partial charge in [-0.3, -0.25) is 9.69 Å². The third kappa shape index (κ3) is 6.21. The maximum absolute atomic E-state index is 14.3. The Kier molecular flexibility index (Phi) is 8.63. The molecule has 0 saturated heterocycles. The van der Waals surface area contributed by atoms with E-state index in [4.69, 9.17) is 0 Å². The summed E-state index contributed by atoms with van der Waals surface area (Å²) in [6, 6.07) is 15.9. The van der Waals surface area contributed by atoms with E-state index in [1.165, 1.54) is 4.90 Å². The van der Waals surface area contributed by atoms with Gasteiger partial charge >= 0.3 is 0 Å². The van der Waals surface area contributed by atoms with Crippen molar-refractivity contribution in [3.8, 4) is 22.5 Å². The summed E-state index contributed by atoms with van der Waals surface area (Å²) >= 11 is 0. The number of amides is 1. The summed E-state index contributed by atoms with van der Waals surface area (Å²) in [6.45, 7) is 6.77. The van der Waals surface area contributed by atoms with Gasteiger partial charge in [-0.1, -0.05) is 75.7 Å². The van der Waals surface area contributed by atoms with Crippen LogP contribution in [-0.4, -0.2) is 49.4 Å². The molecule has 1 aromatic heterocycles. The summed E-state index contributed by atoms with van der Waals surface area (Å²) in [5.41, 5.74) is 4.28. The smallest absolute Gasteiger partial charge is 0.280 e. The van der Waals surface area contributed by atoms with Gasteiger partial charge in [-0.15, -0.1) is 10.2 Å². The van der Waals surface area contributed by atoms with Gasteiger partial charge in [-0.2, -0.15) is 5.21 Å². The van der Waals surface area contributed by atoms with Crippen molar-refractivity contribution < 1.29 is 13.6 Å². The van der Waals surface area contributed by atoms with Crippen LogP contribution in [0.15, 0.2) is 59.9 Å². The first kappa shape index (κ1) is 26.4. The number of rotatable bonds is 11. The lowest BCUT2D eigenvalue weighted by molar-refractivity contribution is -0.131. The molecular weight excluding hydrogens is 474 g/mol. The number of carbonyl (C=O) groups excluding carboxylic acids is 1. The average Bonchev–Trinajstić information content (AvgIpc) is 3.55. The predicted octanol–water partition coefficient (Wildman–Crippen LogP) is 6.24. The Morgan fingerprint density at radius 2 is 1.81 bits per heavy atom. The summed E-state index contributed by atoms with van der Waals surface area (Å²) in [6.07, 6.45) is 0.434. The second kappa shape index (κ2) is 12.1. The van der Waals surface area contributed by atoms with Crippen LogP contribution in [0.4, 0.5) is 8.78 Å². The van der Waals surface area contributed by atoms with Gasteiger partial charge in [-0.05, 0) is 47.1 Å². The average molecular weight is 509 g/mol. The van der Waals surface area contributed by atoms with E-state index in [-0.39, 0.29) is 24.7 Å². The standard InChI is InChI=1S/C28H34F2N6O/c1-4-5-10-25(37)36-18-35(24(16-11-19(2)3)26(36)27(29)30)17-20-12-14-21(15-13-20)22-8-6-7-9-23(22)28-31-33-34-32-28/h6-9,12-15,19,27H,4-5,10-11,16-18H2,1-3H3,(H,31,32,33,34). The van der Waals surface area contributed by atoms with Gasteiger partial charge < -0.3 is 4.90 Å². The maximum atomic E-state index is 14.3. The van der Waals surface area contributed by atoms with E-state index < -0.39 is 6.43 Å². The van der Waals surface area contributed by atoms with Gasteiger partial charge in [0, 0.05) is 24.2 Å². The van der Waals surface area contributed by atoms with Crippen molar-refractivity contribution >= 4 is 5.91 Å². The zero-order valence-corrected chi connectivity index (χ0v) is 21.6. The highest BCUT2D eigenvalue weighted by Gasteiger charge is 2.37. The van der Waals surface area contributed by atoms with E-state index in [1.54, 1.807) is 0 Å². The van der Waals surface area contributed by atoms with Crippen molar-refractivity contribution in [2.45, 2.75) is 65.8 Å². The van der Waals surface area contributed by atoms with Crippen LogP contribution >= 0.6 is 0 Å². The van der Waals surface area contributed by atoms with Gasteiger partial charge in [0.15, 0.2) is 0 Å². The first-order valence-corrected chi connectivity index (χ1v) is 12.9. The highest BCUT2D eigenvalue weighted by molar-refractivity contribution is 5.80. The van der Waals surface area contributed by atoms with E-state index in [0.717, 1.165) is 35.1 Å². The monoisotopic (exact) mass is 508 g/mol. The molecule has 0 unspecified atom stereocenters. The van der Waals surface area contributed by atoms with Crippen LogP contribution in [0.2, 0.25) is 0 Å². The van der Waals surface area contributed by atoms with Gasteiger partial charge in [0.2, 0.25) is 11.7 Å². The predicted molar refractivity (Wildman–Crippen MR) is 139 cm³/mol. The summed E-state index contributed by atoms with van der Waals surface area (Å²) in [7, 11) is 0. The summed E-state index contributed by atoms with van der Waals surface area (Å²) in [5, 5.41) is 14.4. The molecule has 0 aliphatic carbocycles. The Morgan fingerprint density at radius 3 is 2.43 bits per heavy atom. The fraction of sp³-hybridized carbons (Fsp3) is 0.429. The number of aromatic amines is 1. The maximum Gasteiger partial charge on any atom is 0.280 e. The molecule has 0 spiro atoms. The second-order valence-electron chi connectivity index (χ2n) is 9.81. The van der Waals surface area contributed by atoms with Crippen molar-refractivity contribution in [2.75, 3.05) is 6.67 Å². The Balaban J connectivity index is 1.58. The van der Waals surface area contributed by atoms with Crippen molar-refractivity contribution in [1.29, 1.82) is 0 Å². The first-order valence-electron chi connectivity index (χ1n) is 12.9. The highest BCUT2D eigenvalue weighted by atomic mass is 19.3. The molecule has 0 saturated carbocycles. The molecule has 196 valence electrons. The van der Waals surface area contributed by atoms with Crippen molar-refractivity contribution in [1.82, 2.24) is 30.4 Å². The molecular formula is C28H34F2N6O. The highest BCUT2D eigenvalue weighted by Crippen LogP contribution is 2.35. The lowest BCUT2D eigenvalue weighted by Crippen LogP contribution is -2.34. The van der Waals surface area contributed by atoms with Crippen LogP contribution in [-0.2, 0) is 11.3 Å². The van der Waals surface area contributed by atoms with Gasteiger partial charge in [-0.25, -0.2) is 8.78 Å². The number of hydrogen-bond acceptors (Lipinski definition) is 5. The number of tetrazole rings is 1. The Labute approximate surface area is 216 Å². The quantitative estimate of drug-likeness (QED) is 0.332. The van der Waals surface area contributed by atoms with E-state index in [0.29, 0.717) is 36.8 Å². The Morgan fingerprint density at radius 1 is 1.08 bits per heavy atom. The molecule has 3 aromatic rings. The van der Waals surface area contributed by atoms with Crippen LogP contribution in [0.5, 0.6) is 0 Å². The number of H-pyrrole nitrogens is 1. The van der Waals surface area contributed by atoms with Crippen LogP contribution in [0.3, 0.4) is 0 Å². The van der Waals surface area contributed by atoms with E-state index in [2.05, 4.69) is 34.5 Å². The number of aromatic nitrogens is 4. The molecule has 1 amide bonds. The molecule has 2 aromatic carbocycles. The van der Waals surface area contributed by atoms with Gasteiger partial charge in [0.1, 0.15) is 5.70 Å². The van der Waals surface area contributed by atoms with Gasteiger partial charge in [0.25, 0.3) is 6.43 Å². The molecule has 1 aliphatic heterocycles. The normalized spacial score (nSPS) is 13.9. The number of carbonyl (C=O) groups is 1. The summed E-state index contributed by atoms with van der Waals surface area (Å²) in [5.74, 6) is 0.663. The number of nitrogens with one attached hydrogen (secondary N) is 1. The van der Waals surface area contributed by atoms with Crippen molar-refractivity contribution in [3.63, 3.8) is 0 Å². The number of benzene rings is 2. The molecule has 9 heteroatoms. The number of alkyl halides is 2. The van der Waals surface area contributed by atoms with Crippen LogP contribution in [0.1, 0.15) is 58.4 Å². The minimum atomic E-state index is -2.69. The molecule has 4 rings (SSSR count). The van der Waals surface area contributed by atoms with E-state index >= 15 is 0 Å². The van der Waals surface area contributed by atoms with Crippen LogP contribution < -0.4 is 0 Å². The lowest BCUT2D eigenvalue weighted by Gasteiger charge is -2.24. The molecule has 37 heavy (non-hydrogen) atoms. The third-order valence-corrected chi connectivity index (χ3v) is 6.64. The minimum absolute atomic E-state index is 0.118. The topological polar surface area (TPSA) is 78.0 Å². The zero-order valence-electron chi connectivity index (χ0n) is 21.6. The fourth-order valence-corrected chi connectivity index (χ4v) is 4.64. The Hall–Kier alpha value is -3.62. The summed E-state index contributed by atoms with van der Waals surface area (Å²) < 4.78 is 28.5. The number of nitrogens with zero attached hydrogens (tertiary/aromatic N) is 5. The molecule has 0 atom stereocenters. The van der Waals surface area contributed by atoms with E-state index in [9.17, 15) is 13.6 Å². The van der Waals surface area contributed by atoms with Crippen LogP contribution in [0, 0.1) is 5.92 Å². The molecule has 1 N–H and O–H groups in total. The fourth-order valence-electron chi connectivity index (χ4n) is 4.64. The Bertz CT molecular complexity index is 1210.